The number of hydrogen-bond acceptors (Lipinski definition) is 7. The second-order valence-electron chi connectivity index (χ2n) is 6.29. The molecular weight excluding hydrogens is 390 g/mol. The molecule has 1 aliphatic heterocycles. The van der Waals surface area contributed by atoms with Crippen molar-refractivity contribution in [3.8, 4) is 34.6 Å². The molecule has 1 unspecified atom stereocenters. The fourth-order valence-corrected chi connectivity index (χ4v) is 3.49. The number of nitriles is 1. The summed E-state index contributed by atoms with van der Waals surface area (Å²) in [6, 6.07) is 14.4. The number of rotatable bonds is 5. The Morgan fingerprint density at radius 2 is 2.07 bits per heavy atom. The van der Waals surface area contributed by atoms with Crippen molar-refractivity contribution in [2.45, 2.75) is 13.0 Å². The molecule has 0 radical (unpaired) electrons. The number of carbonyl (C=O) groups excluding carboxylic acids is 1. The molecule has 3 aromatic rings. The number of amides is 1. The number of aromatic nitrogens is 1. The molecule has 8 heteroatoms. The molecule has 2 heterocycles. The largest absolute Gasteiger partial charge is 0.486 e. The van der Waals surface area contributed by atoms with Crippen molar-refractivity contribution in [3.05, 3.63) is 53.4 Å². The number of anilines is 1. The molecule has 7 nitrogen and oxygen atoms in total. The minimum absolute atomic E-state index is 0.324. The summed E-state index contributed by atoms with van der Waals surface area (Å²) in [7, 11) is 0. The van der Waals surface area contributed by atoms with Crippen molar-refractivity contribution >= 4 is 22.4 Å². The van der Waals surface area contributed by atoms with Gasteiger partial charge >= 0.3 is 0 Å². The van der Waals surface area contributed by atoms with E-state index in [2.05, 4.69) is 10.3 Å². The molecule has 0 fully saturated rings. The molecule has 1 aromatic heterocycles. The van der Waals surface area contributed by atoms with Crippen molar-refractivity contribution in [2.75, 3.05) is 18.5 Å². The molecule has 146 valence electrons. The fourth-order valence-electron chi connectivity index (χ4n) is 2.77. The SMILES string of the molecule is CC(Oc1cccc(C#N)c1)C(=O)Nc1nc(-c2ccc3c(c2)OCCO3)cs1. The molecule has 2 aromatic carbocycles. The summed E-state index contributed by atoms with van der Waals surface area (Å²) < 4.78 is 16.8. The molecule has 1 aliphatic rings. The van der Waals surface area contributed by atoms with E-state index in [-0.39, 0.29) is 5.91 Å². The summed E-state index contributed by atoms with van der Waals surface area (Å²) in [6.07, 6.45) is -0.745. The normalized spacial score (nSPS) is 13.2. The Hall–Kier alpha value is -3.57. The lowest BCUT2D eigenvalue weighted by Gasteiger charge is -2.18. The monoisotopic (exact) mass is 407 g/mol. The van der Waals surface area contributed by atoms with Crippen molar-refractivity contribution in [1.82, 2.24) is 4.98 Å². The van der Waals surface area contributed by atoms with E-state index >= 15 is 0 Å². The minimum atomic E-state index is -0.745. The van der Waals surface area contributed by atoms with Gasteiger partial charge in [0.15, 0.2) is 22.7 Å². The number of carbonyl (C=O) groups is 1. The molecule has 0 saturated carbocycles. The van der Waals surface area contributed by atoms with Crippen LogP contribution < -0.4 is 19.5 Å². The molecule has 1 atom stereocenters. The molecule has 0 spiro atoms. The molecule has 0 bridgehead atoms. The maximum atomic E-state index is 12.4. The van der Waals surface area contributed by atoms with E-state index in [1.807, 2.05) is 29.6 Å². The van der Waals surface area contributed by atoms with Gasteiger partial charge in [0.25, 0.3) is 5.91 Å². The van der Waals surface area contributed by atoms with Crippen LogP contribution in [0.15, 0.2) is 47.8 Å². The first-order chi connectivity index (χ1) is 14.1. The lowest BCUT2D eigenvalue weighted by molar-refractivity contribution is -0.122. The van der Waals surface area contributed by atoms with E-state index in [1.165, 1.54) is 11.3 Å². The fraction of sp³-hybridized carbons (Fsp3) is 0.190. The summed E-state index contributed by atoms with van der Waals surface area (Å²) in [4.78, 5) is 16.9. The molecule has 1 amide bonds. The Kier molecular flexibility index (Phi) is 5.31. The molecule has 29 heavy (non-hydrogen) atoms. The quantitative estimate of drug-likeness (QED) is 0.690. The smallest absolute Gasteiger partial charge is 0.266 e. The van der Waals surface area contributed by atoms with Crippen molar-refractivity contribution in [3.63, 3.8) is 0 Å². The zero-order valence-electron chi connectivity index (χ0n) is 15.5. The average molecular weight is 407 g/mol. The summed E-state index contributed by atoms with van der Waals surface area (Å²) in [5, 5.41) is 14.1. The Morgan fingerprint density at radius 3 is 2.90 bits per heavy atom. The van der Waals surface area contributed by atoms with Crippen LogP contribution >= 0.6 is 11.3 Å². The van der Waals surface area contributed by atoms with E-state index in [0.717, 1.165) is 17.0 Å². The van der Waals surface area contributed by atoms with Crippen LogP contribution in [0.25, 0.3) is 11.3 Å². The van der Waals surface area contributed by atoms with Crippen LogP contribution in [-0.4, -0.2) is 30.2 Å². The third-order valence-electron chi connectivity index (χ3n) is 4.22. The van der Waals surface area contributed by atoms with Crippen LogP contribution in [-0.2, 0) is 4.79 Å². The predicted octanol–water partition coefficient (Wildman–Crippen LogP) is 3.86. The lowest BCUT2D eigenvalue weighted by atomic mass is 10.1. The first kappa shape index (κ1) is 18.8. The highest BCUT2D eigenvalue weighted by atomic mass is 32.1. The number of benzene rings is 2. The van der Waals surface area contributed by atoms with E-state index < -0.39 is 6.10 Å². The van der Waals surface area contributed by atoms with E-state index in [0.29, 0.717) is 35.4 Å². The van der Waals surface area contributed by atoms with Gasteiger partial charge in [-0.05, 0) is 43.3 Å². The third-order valence-corrected chi connectivity index (χ3v) is 4.98. The topological polar surface area (TPSA) is 93.5 Å². The minimum Gasteiger partial charge on any atom is -0.486 e. The highest BCUT2D eigenvalue weighted by Crippen LogP contribution is 2.35. The highest BCUT2D eigenvalue weighted by molar-refractivity contribution is 7.14. The Bertz CT molecular complexity index is 1090. The summed E-state index contributed by atoms with van der Waals surface area (Å²) in [5.41, 5.74) is 2.08. The first-order valence-electron chi connectivity index (χ1n) is 8.95. The molecule has 0 saturated heterocycles. The number of fused-ring (bicyclic) bond motifs is 1. The van der Waals surface area contributed by atoms with Gasteiger partial charge in [0.2, 0.25) is 0 Å². The average Bonchev–Trinajstić information content (AvgIpc) is 3.22. The van der Waals surface area contributed by atoms with Gasteiger partial charge in [-0.2, -0.15) is 5.26 Å². The van der Waals surface area contributed by atoms with Crippen molar-refractivity contribution < 1.29 is 19.0 Å². The Morgan fingerprint density at radius 1 is 1.24 bits per heavy atom. The summed E-state index contributed by atoms with van der Waals surface area (Å²) in [5.74, 6) is 1.54. The van der Waals surface area contributed by atoms with Crippen LogP contribution in [0.2, 0.25) is 0 Å². The van der Waals surface area contributed by atoms with E-state index in [1.54, 1.807) is 31.2 Å². The molecule has 1 N–H and O–H groups in total. The van der Waals surface area contributed by atoms with Crippen LogP contribution in [0.3, 0.4) is 0 Å². The second-order valence-corrected chi connectivity index (χ2v) is 7.14. The number of hydrogen-bond donors (Lipinski definition) is 1. The predicted molar refractivity (Wildman–Crippen MR) is 108 cm³/mol. The third kappa shape index (κ3) is 4.31. The maximum Gasteiger partial charge on any atom is 0.266 e. The molecular formula is C21H17N3O4S. The van der Waals surface area contributed by atoms with Gasteiger partial charge in [0.1, 0.15) is 19.0 Å². The van der Waals surface area contributed by atoms with Crippen molar-refractivity contribution in [2.24, 2.45) is 0 Å². The number of nitrogens with one attached hydrogen (secondary N) is 1. The van der Waals surface area contributed by atoms with E-state index in [9.17, 15) is 4.79 Å². The van der Waals surface area contributed by atoms with Crippen LogP contribution in [0, 0.1) is 11.3 Å². The van der Waals surface area contributed by atoms with Gasteiger partial charge in [0.05, 0.1) is 17.3 Å². The summed E-state index contributed by atoms with van der Waals surface area (Å²) in [6.45, 7) is 2.70. The standard InChI is InChI=1S/C21H17N3O4S/c1-13(28-16-4-2-3-14(9-16)11-22)20(25)24-21-23-17(12-29-21)15-5-6-18-19(10-15)27-8-7-26-18/h2-6,9-10,12-13H,7-8H2,1H3,(H,23,24,25). The first-order valence-corrected chi connectivity index (χ1v) is 9.83. The molecule has 0 aliphatic carbocycles. The van der Waals surface area contributed by atoms with Gasteiger partial charge in [-0.1, -0.05) is 6.07 Å². The molecule has 4 rings (SSSR count). The maximum absolute atomic E-state index is 12.4. The Labute approximate surface area is 171 Å². The van der Waals surface area contributed by atoms with Gasteiger partial charge in [0, 0.05) is 10.9 Å². The Balaban J connectivity index is 1.42. The van der Waals surface area contributed by atoms with Crippen molar-refractivity contribution in [1.29, 1.82) is 5.26 Å². The lowest BCUT2D eigenvalue weighted by Crippen LogP contribution is -2.30. The number of nitrogens with zero attached hydrogens (tertiary/aromatic N) is 2. The van der Waals surface area contributed by atoms with Gasteiger partial charge < -0.3 is 14.2 Å². The van der Waals surface area contributed by atoms with Gasteiger partial charge in [-0.3, -0.25) is 10.1 Å². The zero-order valence-corrected chi connectivity index (χ0v) is 16.4. The van der Waals surface area contributed by atoms with Gasteiger partial charge in [-0.15, -0.1) is 11.3 Å². The zero-order chi connectivity index (χ0) is 20.2. The highest BCUT2D eigenvalue weighted by Gasteiger charge is 2.18. The van der Waals surface area contributed by atoms with Crippen LogP contribution in [0.4, 0.5) is 5.13 Å². The van der Waals surface area contributed by atoms with E-state index in [4.69, 9.17) is 19.5 Å². The number of thiazole rings is 1. The van der Waals surface area contributed by atoms with Crippen LogP contribution in [0.1, 0.15) is 12.5 Å². The second kappa shape index (κ2) is 8.20. The van der Waals surface area contributed by atoms with Crippen LogP contribution in [0.5, 0.6) is 17.2 Å². The summed E-state index contributed by atoms with van der Waals surface area (Å²) >= 11 is 1.33. The number of ether oxygens (including phenoxy) is 3. The van der Waals surface area contributed by atoms with Gasteiger partial charge in [-0.25, -0.2) is 4.98 Å².